The van der Waals surface area contributed by atoms with Gasteiger partial charge >= 0.3 is 0 Å². The smallest absolute Gasteiger partial charge is 0.135 e. The highest BCUT2D eigenvalue weighted by Gasteiger charge is 2.37. The van der Waals surface area contributed by atoms with Crippen molar-refractivity contribution in [2.24, 2.45) is 0 Å². The topological polar surface area (TPSA) is 36.4 Å². The molecular weight excluding hydrogens is 366 g/mol. The van der Waals surface area contributed by atoms with Crippen molar-refractivity contribution in [3.63, 3.8) is 0 Å². The van der Waals surface area contributed by atoms with Crippen molar-refractivity contribution in [3.8, 4) is 0 Å². The minimum absolute atomic E-state index is 0.0790. The lowest BCUT2D eigenvalue weighted by Crippen LogP contribution is -2.15. The molecule has 3 heterocycles. The number of aliphatic hydroxyl groups is 1. The second-order valence-electron chi connectivity index (χ2n) is 6.57. The van der Waals surface area contributed by atoms with Crippen LogP contribution in [0.3, 0.4) is 0 Å². The molecular formula is C21H18F2N2OS. The van der Waals surface area contributed by atoms with E-state index in [1.165, 1.54) is 12.1 Å². The van der Waals surface area contributed by atoms with Crippen LogP contribution in [0.25, 0.3) is 5.70 Å². The maximum Gasteiger partial charge on any atom is 0.135 e. The number of thiophene rings is 1. The summed E-state index contributed by atoms with van der Waals surface area (Å²) in [4.78, 5) is 7.11. The van der Waals surface area contributed by atoms with Crippen molar-refractivity contribution in [2.45, 2.75) is 12.0 Å². The number of hydrogen-bond acceptors (Lipinski definition) is 4. The average molecular weight is 384 g/mol. The molecule has 0 saturated heterocycles. The lowest BCUT2D eigenvalue weighted by molar-refractivity contribution is 0.210. The molecule has 1 aliphatic rings. The Morgan fingerprint density at radius 2 is 2.07 bits per heavy atom. The van der Waals surface area contributed by atoms with Gasteiger partial charge < -0.3 is 10.0 Å². The van der Waals surface area contributed by atoms with Crippen LogP contribution in [-0.2, 0) is 0 Å². The summed E-state index contributed by atoms with van der Waals surface area (Å²) >= 11 is 1.60. The zero-order chi connectivity index (χ0) is 19.0. The van der Waals surface area contributed by atoms with Gasteiger partial charge in [0.2, 0.25) is 0 Å². The van der Waals surface area contributed by atoms with Gasteiger partial charge in [-0.25, -0.2) is 8.78 Å². The van der Waals surface area contributed by atoms with Crippen LogP contribution < -0.4 is 0 Å². The SMILES string of the molecule is CN1CC(c2cccs2)C(C(O)c2cccnc2)=C1c1ccc(F)cc1F. The molecule has 2 atom stereocenters. The summed E-state index contributed by atoms with van der Waals surface area (Å²) in [6.07, 6.45) is 2.32. The molecule has 4 rings (SSSR count). The van der Waals surface area contributed by atoms with Gasteiger partial charge in [0.1, 0.15) is 17.7 Å². The van der Waals surface area contributed by atoms with Crippen LogP contribution in [0.1, 0.15) is 28.0 Å². The number of aromatic nitrogens is 1. The Hall–Kier alpha value is -2.57. The minimum atomic E-state index is -0.935. The van der Waals surface area contributed by atoms with Crippen LogP contribution in [0, 0.1) is 11.6 Å². The number of nitrogens with zero attached hydrogens (tertiary/aromatic N) is 2. The standard InChI is InChI=1S/C21H18F2N2OS/c1-25-12-16(18-5-3-9-27-18)19(21(26)13-4-2-8-24-11-13)20(25)15-7-6-14(22)10-17(15)23/h2-11,16,21,26H,12H2,1H3. The number of pyridine rings is 1. The lowest BCUT2D eigenvalue weighted by atomic mass is 9.89. The second-order valence-corrected chi connectivity index (χ2v) is 7.54. The summed E-state index contributed by atoms with van der Waals surface area (Å²) in [5.41, 5.74) is 2.24. The molecule has 1 aromatic carbocycles. The van der Waals surface area contributed by atoms with Crippen molar-refractivity contribution < 1.29 is 13.9 Å². The molecule has 3 aromatic rings. The van der Waals surface area contributed by atoms with Crippen LogP contribution in [-0.4, -0.2) is 28.6 Å². The summed E-state index contributed by atoms with van der Waals surface area (Å²) in [5.74, 6) is -1.34. The predicted octanol–water partition coefficient (Wildman–Crippen LogP) is 4.60. The van der Waals surface area contributed by atoms with Crippen molar-refractivity contribution in [1.29, 1.82) is 0 Å². The highest BCUT2D eigenvalue weighted by molar-refractivity contribution is 7.10. The third-order valence-electron chi connectivity index (χ3n) is 4.85. The summed E-state index contributed by atoms with van der Waals surface area (Å²) in [7, 11) is 1.86. The first-order valence-electron chi connectivity index (χ1n) is 8.58. The summed E-state index contributed by atoms with van der Waals surface area (Å²) in [5, 5.41) is 13.2. The summed E-state index contributed by atoms with van der Waals surface area (Å²) in [6.45, 7) is 0.610. The van der Waals surface area contributed by atoms with Gasteiger partial charge in [0.05, 0.1) is 0 Å². The van der Waals surface area contributed by atoms with Crippen LogP contribution in [0.15, 0.2) is 65.8 Å². The van der Waals surface area contributed by atoms with E-state index in [1.807, 2.05) is 29.5 Å². The van der Waals surface area contributed by atoms with Crippen LogP contribution in [0.2, 0.25) is 0 Å². The maximum atomic E-state index is 14.6. The molecule has 27 heavy (non-hydrogen) atoms. The van der Waals surface area contributed by atoms with E-state index >= 15 is 0 Å². The first-order valence-corrected chi connectivity index (χ1v) is 9.46. The average Bonchev–Trinajstić information content (AvgIpc) is 3.30. The monoisotopic (exact) mass is 384 g/mol. The number of aliphatic hydroxyl groups excluding tert-OH is 1. The molecule has 1 N–H and O–H groups in total. The Labute approximate surface area is 160 Å². The molecule has 0 amide bonds. The molecule has 0 spiro atoms. The molecule has 0 aliphatic carbocycles. The van der Waals surface area contributed by atoms with Gasteiger partial charge in [-0.3, -0.25) is 4.98 Å². The van der Waals surface area contributed by atoms with E-state index in [2.05, 4.69) is 4.98 Å². The Morgan fingerprint density at radius 1 is 1.22 bits per heavy atom. The first-order chi connectivity index (χ1) is 13.1. The molecule has 0 fully saturated rings. The largest absolute Gasteiger partial charge is 0.384 e. The van der Waals surface area contributed by atoms with Gasteiger partial charge in [-0.15, -0.1) is 11.3 Å². The van der Waals surface area contributed by atoms with E-state index in [0.717, 1.165) is 10.9 Å². The number of hydrogen-bond donors (Lipinski definition) is 1. The third kappa shape index (κ3) is 3.26. The van der Waals surface area contributed by atoms with Crippen molar-refractivity contribution in [1.82, 2.24) is 9.88 Å². The molecule has 0 radical (unpaired) electrons. The summed E-state index contributed by atoms with van der Waals surface area (Å²) < 4.78 is 28.0. The van der Waals surface area contributed by atoms with E-state index < -0.39 is 17.7 Å². The maximum absolute atomic E-state index is 14.6. The number of rotatable bonds is 4. The molecule has 0 bridgehead atoms. The Balaban J connectivity index is 1.91. The Kier molecular flexibility index (Phi) is 4.76. The molecule has 2 unspecified atom stereocenters. The van der Waals surface area contributed by atoms with Crippen molar-refractivity contribution in [2.75, 3.05) is 13.6 Å². The molecule has 138 valence electrons. The van der Waals surface area contributed by atoms with E-state index in [9.17, 15) is 13.9 Å². The highest BCUT2D eigenvalue weighted by Crippen LogP contribution is 2.47. The number of likely N-dealkylation sites (N-methyl/N-ethyl adjacent to an activating group) is 1. The fourth-order valence-corrected chi connectivity index (χ4v) is 4.50. The molecule has 0 saturated carbocycles. The zero-order valence-corrected chi connectivity index (χ0v) is 15.5. The Bertz CT molecular complexity index is 973. The predicted molar refractivity (Wildman–Crippen MR) is 102 cm³/mol. The van der Waals surface area contributed by atoms with Gasteiger partial charge in [0.25, 0.3) is 0 Å². The zero-order valence-electron chi connectivity index (χ0n) is 14.6. The van der Waals surface area contributed by atoms with Crippen molar-refractivity contribution >= 4 is 17.0 Å². The fourth-order valence-electron chi connectivity index (χ4n) is 3.66. The van der Waals surface area contributed by atoms with Gasteiger partial charge in [-0.05, 0) is 35.2 Å². The van der Waals surface area contributed by atoms with Crippen LogP contribution >= 0.6 is 11.3 Å². The van der Waals surface area contributed by atoms with Gasteiger partial charge in [0.15, 0.2) is 0 Å². The first kappa shape index (κ1) is 17.8. The summed E-state index contributed by atoms with van der Waals surface area (Å²) in [6, 6.07) is 11.1. The number of benzene rings is 1. The molecule has 3 nitrogen and oxygen atoms in total. The van der Waals surface area contributed by atoms with Crippen LogP contribution in [0.5, 0.6) is 0 Å². The van der Waals surface area contributed by atoms with Gasteiger partial charge in [0, 0.05) is 59.7 Å². The third-order valence-corrected chi connectivity index (χ3v) is 5.84. The molecule has 2 aromatic heterocycles. The van der Waals surface area contributed by atoms with Gasteiger partial charge in [-0.1, -0.05) is 12.1 Å². The van der Waals surface area contributed by atoms with E-state index in [4.69, 9.17) is 0 Å². The fraction of sp³-hybridized carbons (Fsp3) is 0.190. The highest BCUT2D eigenvalue weighted by atomic mass is 32.1. The normalized spacial score (nSPS) is 18.2. The molecule has 6 heteroatoms. The van der Waals surface area contributed by atoms with Crippen molar-refractivity contribution in [3.05, 3.63) is 93.4 Å². The number of halogens is 2. The quantitative estimate of drug-likeness (QED) is 0.714. The Morgan fingerprint density at radius 3 is 2.74 bits per heavy atom. The van der Waals surface area contributed by atoms with Gasteiger partial charge in [-0.2, -0.15) is 0 Å². The van der Waals surface area contributed by atoms with Crippen LogP contribution in [0.4, 0.5) is 8.78 Å². The van der Waals surface area contributed by atoms with E-state index in [0.29, 0.717) is 23.4 Å². The molecule has 1 aliphatic heterocycles. The lowest BCUT2D eigenvalue weighted by Gasteiger charge is -2.20. The second kappa shape index (κ2) is 7.21. The van der Waals surface area contributed by atoms with E-state index in [1.54, 1.807) is 35.9 Å². The van der Waals surface area contributed by atoms with E-state index in [-0.39, 0.29) is 11.5 Å². The minimum Gasteiger partial charge on any atom is -0.384 e.